The van der Waals surface area contributed by atoms with Crippen molar-refractivity contribution in [3.8, 4) is 11.5 Å². The molecule has 1 fully saturated rings. The number of fused-ring (bicyclic) bond motifs is 1. The van der Waals surface area contributed by atoms with Crippen molar-refractivity contribution in [2.24, 2.45) is 0 Å². The number of urea groups is 1. The van der Waals surface area contributed by atoms with Crippen LogP contribution in [0, 0.1) is 6.92 Å². The van der Waals surface area contributed by atoms with Crippen LogP contribution in [0.3, 0.4) is 0 Å². The predicted molar refractivity (Wildman–Crippen MR) is 128 cm³/mol. The van der Waals surface area contributed by atoms with Gasteiger partial charge in [0.05, 0.1) is 0 Å². The van der Waals surface area contributed by atoms with Crippen LogP contribution in [0.1, 0.15) is 23.1 Å². The molecule has 2 aliphatic rings. The van der Waals surface area contributed by atoms with Gasteiger partial charge < -0.3 is 15.4 Å². The molecule has 2 N–H and O–H groups in total. The summed E-state index contributed by atoms with van der Waals surface area (Å²) >= 11 is 0. The summed E-state index contributed by atoms with van der Waals surface area (Å²) < 4.78 is 5.83. The molecule has 4 amide bonds. The Bertz CT molecular complexity index is 1270. The second-order valence-corrected chi connectivity index (χ2v) is 8.84. The molecular weight excluding hydrogens is 430 g/mol. The molecule has 172 valence electrons. The van der Waals surface area contributed by atoms with Crippen molar-refractivity contribution in [2.75, 3.05) is 11.9 Å². The van der Waals surface area contributed by atoms with Gasteiger partial charge in [-0.05, 0) is 72.9 Å². The van der Waals surface area contributed by atoms with E-state index in [1.807, 2.05) is 55.5 Å². The maximum atomic E-state index is 13.2. The number of carbonyl (C=O) groups is 3. The maximum Gasteiger partial charge on any atom is 0.325 e. The van der Waals surface area contributed by atoms with Gasteiger partial charge in [0.1, 0.15) is 23.6 Å². The first-order valence-electron chi connectivity index (χ1n) is 11.3. The summed E-state index contributed by atoms with van der Waals surface area (Å²) in [5.41, 5.74) is 2.93. The molecule has 1 aliphatic carbocycles. The molecule has 1 aliphatic heterocycles. The Morgan fingerprint density at radius 2 is 1.76 bits per heavy atom. The molecule has 1 spiro atoms. The van der Waals surface area contributed by atoms with Gasteiger partial charge >= 0.3 is 6.03 Å². The molecule has 7 nitrogen and oxygen atoms in total. The minimum absolute atomic E-state index is 0.338. The van der Waals surface area contributed by atoms with E-state index in [0.29, 0.717) is 30.7 Å². The van der Waals surface area contributed by atoms with E-state index in [9.17, 15) is 14.4 Å². The number of aryl methyl sites for hydroxylation is 2. The summed E-state index contributed by atoms with van der Waals surface area (Å²) in [7, 11) is 0. The molecule has 0 aromatic heterocycles. The highest BCUT2D eigenvalue weighted by molar-refractivity contribution is 6.10. The molecule has 0 radical (unpaired) electrons. The Morgan fingerprint density at radius 1 is 1.00 bits per heavy atom. The summed E-state index contributed by atoms with van der Waals surface area (Å²) in [4.78, 5) is 39.4. The van der Waals surface area contributed by atoms with Crippen LogP contribution >= 0.6 is 0 Å². The molecule has 7 heteroatoms. The van der Waals surface area contributed by atoms with E-state index in [1.54, 1.807) is 24.3 Å². The van der Waals surface area contributed by atoms with Crippen LogP contribution in [0.5, 0.6) is 11.5 Å². The molecule has 1 heterocycles. The zero-order valence-electron chi connectivity index (χ0n) is 18.8. The summed E-state index contributed by atoms with van der Waals surface area (Å²) in [6.07, 6.45) is 1.67. The second kappa shape index (κ2) is 8.67. The van der Waals surface area contributed by atoms with Gasteiger partial charge in [-0.1, -0.05) is 36.4 Å². The summed E-state index contributed by atoms with van der Waals surface area (Å²) in [6, 6.07) is 22.1. The lowest BCUT2D eigenvalue weighted by molar-refractivity contribution is -0.134. The van der Waals surface area contributed by atoms with Crippen molar-refractivity contribution in [3.05, 3.63) is 89.5 Å². The number of hydrogen-bond donors (Lipinski definition) is 2. The third kappa shape index (κ3) is 4.24. The minimum atomic E-state index is -0.972. The van der Waals surface area contributed by atoms with E-state index >= 15 is 0 Å². The Balaban J connectivity index is 1.21. The molecule has 0 bridgehead atoms. The van der Waals surface area contributed by atoms with Gasteiger partial charge in [-0.15, -0.1) is 0 Å². The molecule has 5 rings (SSSR count). The van der Waals surface area contributed by atoms with E-state index in [1.165, 1.54) is 5.56 Å². The molecule has 34 heavy (non-hydrogen) atoms. The second-order valence-electron chi connectivity index (χ2n) is 8.84. The first-order valence-corrected chi connectivity index (χ1v) is 11.3. The first kappa shape index (κ1) is 21.7. The maximum absolute atomic E-state index is 13.2. The van der Waals surface area contributed by atoms with Crippen molar-refractivity contribution < 1.29 is 19.1 Å². The lowest BCUT2D eigenvalue weighted by Gasteiger charge is -2.32. The number of carbonyl (C=O) groups excluding carboxylic acids is 3. The third-order valence-electron chi connectivity index (χ3n) is 6.34. The SMILES string of the molecule is Cc1cccc(Oc2ccc(NC(=O)CN3C(=O)NC4(CCc5ccccc5C4)C3=O)cc2)c1. The van der Waals surface area contributed by atoms with Crippen LogP contribution in [0.2, 0.25) is 0 Å². The van der Waals surface area contributed by atoms with Crippen LogP contribution in [0.15, 0.2) is 72.8 Å². The summed E-state index contributed by atoms with van der Waals surface area (Å²) in [5, 5.41) is 5.60. The third-order valence-corrected chi connectivity index (χ3v) is 6.34. The van der Waals surface area contributed by atoms with Crippen molar-refractivity contribution in [2.45, 2.75) is 31.7 Å². The average molecular weight is 456 g/mol. The Hall–Kier alpha value is -4.13. The summed E-state index contributed by atoms with van der Waals surface area (Å²) in [5.74, 6) is 0.583. The Morgan fingerprint density at radius 3 is 2.53 bits per heavy atom. The van der Waals surface area contributed by atoms with Gasteiger partial charge in [0.2, 0.25) is 5.91 Å². The largest absolute Gasteiger partial charge is 0.457 e. The average Bonchev–Trinajstić information content (AvgIpc) is 3.04. The Labute approximate surface area is 197 Å². The van der Waals surface area contributed by atoms with Gasteiger partial charge in [0.25, 0.3) is 5.91 Å². The minimum Gasteiger partial charge on any atom is -0.457 e. The smallest absolute Gasteiger partial charge is 0.325 e. The van der Waals surface area contributed by atoms with Crippen LogP contribution in [0.25, 0.3) is 0 Å². The van der Waals surface area contributed by atoms with Gasteiger partial charge in [-0.3, -0.25) is 14.5 Å². The fourth-order valence-electron chi connectivity index (χ4n) is 4.61. The number of amides is 4. The molecule has 3 aromatic rings. The predicted octanol–water partition coefficient (Wildman–Crippen LogP) is 4.21. The molecule has 3 aromatic carbocycles. The van der Waals surface area contributed by atoms with Crippen LogP contribution < -0.4 is 15.4 Å². The number of ether oxygens (including phenoxy) is 1. The number of imide groups is 1. The fourth-order valence-corrected chi connectivity index (χ4v) is 4.61. The first-order chi connectivity index (χ1) is 16.4. The van der Waals surface area contributed by atoms with E-state index < -0.39 is 17.5 Å². The van der Waals surface area contributed by atoms with Crippen molar-refractivity contribution in [1.82, 2.24) is 10.2 Å². The monoisotopic (exact) mass is 455 g/mol. The molecule has 1 unspecified atom stereocenters. The van der Waals surface area contributed by atoms with E-state index in [0.717, 1.165) is 21.8 Å². The molecule has 1 atom stereocenters. The van der Waals surface area contributed by atoms with E-state index in [4.69, 9.17) is 4.74 Å². The van der Waals surface area contributed by atoms with Gasteiger partial charge in [0.15, 0.2) is 0 Å². The van der Waals surface area contributed by atoms with Gasteiger partial charge in [-0.2, -0.15) is 0 Å². The topological polar surface area (TPSA) is 87.7 Å². The highest BCUT2D eigenvalue weighted by Gasteiger charge is 2.52. The molecule has 0 saturated carbocycles. The van der Waals surface area contributed by atoms with Gasteiger partial charge in [-0.25, -0.2) is 4.79 Å². The lowest BCUT2D eigenvalue weighted by Crippen LogP contribution is -2.51. The van der Waals surface area contributed by atoms with Crippen molar-refractivity contribution in [3.63, 3.8) is 0 Å². The van der Waals surface area contributed by atoms with E-state index in [2.05, 4.69) is 10.6 Å². The van der Waals surface area contributed by atoms with Crippen LogP contribution in [-0.2, 0) is 22.4 Å². The van der Waals surface area contributed by atoms with Gasteiger partial charge in [0, 0.05) is 12.1 Å². The number of anilines is 1. The molecular formula is C27H25N3O4. The highest BCUT2D eigenvalue weighted by Crippen LogP contribution is 2.33. The number of nitrogens with zero attached hydrogens (tertiary/aromatic N) is 1. The standard InChI is InChI=1S/C27H25N3O4/c1-18-5-4-8-23(15-18)34-22-11-9-21(10-12-22)28-24(31)17-30-25(32)27(29-26(30)33)14-13-19-6-2-3-7-20(19)16-27/h2-12,15H,13-14,16-17H2,1H3,(H,28,31)(H,29,33). The van der Waals surface area contributed by atoms with Crippen LogP contribution in [0.4, 0.5) is 10.5 Å². The number of hydrogen-bond acceptors (Lipinski definition) is 4. The zero-order chi connectivity index (χ0) is 23.7. The van der Waals surface area contributed by atoms with Crippen LogP contribution in [-0.4, -0.2) is 34.8 Å². The zero-order valence-corrected chi connectivity index (χ0v) is 18.8. The lowest BCUT2D eigenvalue weighted by atomic mass is 9.78. The number of rotatable bonds is 5. The molecule has 1 saturated heterocycles. The quantitative estimate of drug-likeness (QED) is 0.565. The van der Waals surface area contributed by atoms with Crippen molar-refractivity contribution in [1.29, 1.82) is 0 Å². The number of benzene rings is 3. The fraction of sp³-hybridized carbons (Fsp3) is 0.222. The number of nitrogens with one attached hydrogen (secondary N) is 2. The highest BCUT2D eigenvalue weighted by atomic mass is 16.5. The Kier molecular flexibility index (Phi) is 5.53. The normalized spacial score (nSPS) is 19.0. The summed E-state index contributed by atoms with van der Waals surface area (Å²) in [6.45, 7) is 1.65. The van der Waals surface area contributed by atoms with E-state index in [-0.39, 0.29) is 12.5 Å². The van der Waals surface area contributed by atoms with Crippen molar-refractivity contribution >= 4 is 23.5 Å².